The van der Waals surface area contributed by atoms with Crippen LogP contribution in [0.3, 0.4) is 0 Å². The van der Waals surface area contributed by atoms with Gasteiger partial charge in [-0.15, -0.1) is 23.5 Å². The van der Waals surface area contributed by atoms with Gasteiger partial charge in [-0.05, 0) is 35.4 Å². The average Bonchev–Trinajstić information content (AvgIpc) is 2.63. The molecule has 0 spiro atoms. The number of thioether (sulfide) groups is 2. The molecule has 0 aromatic heterocycles. The molecule has 0 aliphatic heterocycles. The highest BCUT2D eigenvalue weighted by Crippen LogP contribution is 2.17. The summed E-state index contributed by atoms with van der Waals surface area (Å²) < 4.78 is 18.3. The molecule has 0 bridgehead atoms. The van der Waals surface area contributed by atoms with Gasteiger partial charge in [0.1, 0.15) is 0 Å². The lowest BCUT2D eigenvalue weighted by atomic mass is 10.2. The second kappa shape index (κ2) is 13.2. The standard InChI is InChI=1S/C18H20Br2O3S2/c19-17-5-1-15(2-6-17)9-24-13-22-11-21-12-23-14-25-10-16-3-7-18(20)8-4-16/h1-8H,9-14H2. The highest BCUT2D eigenvalue weighted by Gasteiger charge is 1.96. The third kappa shape index (κ3) is 10.0. The molecule has 0 unspecified atom stereocenters. The zero-order chi connectivity index (χ0) is 17.7. The van der Waals surface area contributed by atoms with Crippen LogP contribution < -0.4 is 0 Å². The minimum atomic E-state index is 0.255. The molecule has 0 saturated heterocycles. The number of benzene rings is 2. The Labute approximate surface area is 174 Å². The van der Waals surface area contributed by atoms with Crippen LogP contribution in [0.25, 0.3) is 0 Å². The Morgan fingerprint density at radius 3 is 1.40 bits per heavy atom. The van der Waals surface area contributed by atoms with E-state index in [1.165, 1.54) is 11.1 Å². The van der Waals surface area contributed by atoms with E-state index < -0.39 is 0 Å². The van der Waals surface area contributed by atoms with Crippen LogP contribution in [-0.2, 0) is 25.7 Å². The maximum atomic E-state index is 5.41. The Hall–Kier alpha value is -0.0200. The molecule has 0 atom stereocenters. The molecule has 0 radical (unpaired) electrons. The van der Waals surface area contributed by atoms with Crippen molar-refractivity contribution < 1.29 is 14.2 Å². The number of ether oxygens (including phenoxy) is 3. The first-order valence-electron chi connectivity index (χ1n) is 7.61. The van der Waals surface area contributed by atoms with Crippen molar-refractivity contribution in [1.82, 2.24) is 0 Å². The third-order valence-corrected chi connectivity index (χ3v) is 5.83. The van der Waals surface area contributed by atoms with Gasteiger partial charge in [0, 0.05) is 20.5 Å². The van der Waals surface area contributed by atoms with E-state index in [0.29, 0.717) is 11.9 Å². The number of hydrogen-bond donors (Lipinski definition) is 0. The lowest BCUT2D eigenvalue weighted by Gasteiger charge is -2.07. The first kappa shape index (κ1) is 21.3. The smallest absolute Gasteiger partial charge is 0.150 e. The van der Waals surface area contributed by atoms with Crippen molar-refractivity contribution >= 4 is 55.4 Å². The van der Waals surface area contributed by atoms with Crippen LogP contribution in [0.4, 0.5) is 0 Å². The summed E-state index contributed by atoms with van der Waals surface area (Å²) in [6, 6.07) is 16.6. The van der Waals surface area contributed by atoms with Gasteiger partial charge in [-0.25, -0.2) is 0 Å². The minimum absolute atomic E-state index is 0.255. The highest BCUT2D eigenvalue weighted by molar-refractivity contribution is 9.10. The Morgan fingerprint density at radius 2 is 1.00 bits per heavy atom. The Kier molecular flexibility index (Phi) is 11.2. The Bertz CT molecular complexity index is 541. The van der Waals surface area contributed by atoms with Crippen LogP contribution >= 0.6 is 55.4 Å². The first-order chi connectivity index (χ1) is 12.2. The quantitative estimate of drug-likeness (QED) is 0.249. The maximum Gasteiger partial charge on any atom is 0.150 e. The molecule has 2 rings (SSSR count). The topological polar surface area (TPSA) is 27.7 Å². The van der Waals surface area contributed by atoms with E-state index >= 15 is 0 Å². The highest BCUT2D eigenvalue weighted by atomic mass is 79.9. The fourth-order valence-corrected chi connectivity index (χ4v) is 3.74. The Balaban J connectivity index is 1.37. The van der Waals surface area contributed by atoms with Crippen molar-refractivity contribution in [3.8, 4) is 0 Å². The van der Waals surface area contributed by atoms with Gasteiger partial charge in [-0.2, -0.15) is 0 Å². The van der Waals surface area contributed by atoms with E-state index in [1.54, 1.807) is 23.5 Å². The summed E-state index contributed by atoms with van der Waals surface area (Å²) in [5.74, 6) is 3.07. The molecule has 136 valence electrons. The summed E-state index contributed by atoms with van der Waals surface area (Å²) in [6.45, 7) is 0.509. The predicted octanol–water partition coefficient (Wildman–Crippen LogP) is 6.26. The summed E-state index contributed by atoms with van der Waals surface area (Å²) in [7, 11) is 0. The van der Waals surface area contributed by atoms with Crippen molar-refractivity contribution in [2.75, 3.05) is 25.5 Å². The lowest BCUT2D eigenvalue weighted by molar-refractivity contribution is -0.114. The molecule has 0 saturated carbocycles. The predicted molar refractivity (Wildman–Crippen MR) is 114 cm³/mol. The van der Waals surface area contributed by atoms with Gasteiger partial charge in [-0.3, -0.25) is 0 Å². The normalized spacial score (nSPS) is 11.0. The molecular weight excluding hydrogens is 488 g/mol. The molecule has 0 N–H and O–H groups in total. The van der Waals surface area contributed by atoms with Gasteiger partial charge >= 0.3 is 0 Å². The molecular formula is C18H20Br2O3S2. The lowest BCUT2D eigenvalue weighted by Crippen LogP contribution is -2.04. The zero-order valence-electron chi connectivity index (χ0n) is 13.7. The molecule has 0 amide bonds. The van der Waals surface area contributed by atoms with Crippen LogP contribution in [0, 0.1) is 0 Å². The van der Waals surface area contributed by atoms with Crippen LogP contribution in [0.15, 0.2) is 57.5 Å². The summed E-state index contributed by atoms with van der Waals surface area (Å²) in [4.78, 5) is 0. The van der Waals surface area contributed by atoms with Crippen molar-refractivity contribution in [3.63, 3.8) is 0 Å². The summed E-state index contributed by atoms with van der Waals surface area (Å²) in [5.41, 5.74) is 2.56. The minimum Gasteiger partial charge on any atom is -0.345 e. The van der Waals surface area contributed by atoms with Gasteiger partial charge in [-0.1, -0.05) is 56.1 Å². The first-order valence-corrected chi connectivity index (χ1v) is 11.5. The largest absolute Gasteiger partial charge is 0.345 e. The molecule has 0 fully saturated rings. The van der Waals surface area contributed by atoms with Gasteiger partial charge < -0.3 is 14.2 Å². The molecule has 0 aliphatic carbocycles. The second-order valence-corrected chi connectivity index (χ2v) is 8.73. The van der Waals surface area contributed by atoms with Gasteiger partial charge in [0.2, 0.25) is 0 Å². The molecule has 7 heteroatoms. The van der Waals surface area contributed by atoms with Crippen molar-refractivity contribution in [2.24, 2.45) is 0 Å². The van der Waals surface area contributed by atoms with Crippen LogP contribution in [0.1, 0.15) is 11.1 Å². The number of hydrogen-bond acceptors (Lipinski definition) is 5. The molecule has 0 heterocycles. The molecule has 3 nitrogen and oxygen atoms in total. The van der Waals surface area contributed by atoms with E-state index in [2.05, 4.69) is 56.1 Å². The molecule has 0 aliphatic rings. The van der Waals surface area contributed by atoms with Crippen molar-refractivity contribution in [3.05, 3.63) is 68.6 Å². The van der Waals surface area contributed by atoms with Crippen molar-refractivity contribution in [2.45, 2.75) is 11.5 Å². The average molecular weight is 508 g/mol. The van der Waals surface area contributed by atoms with E-state index in [9.17, 15) is 0 Å². The zero-order valence-corrected chi connectivity index (χ0v) is 18.5. The fourth-order valence-electron chi connectivity index (χ4n) is 1.82. The Morgan fingerprint density at radius 1 is 0.600 bits per heavy atom. The monoisotopic (exact) mass is 506 g/mol. The number of rotatable bonds is 12. The molecule has 2 aromatic carbocycles. The summed E-state index contributed by atoms with van der Waals surface area (Å²) in [5, 5.41) is 0. The van der Waals surface area contributed by atoms with Crippen molar-refractivity contribution in [1.29, 1.82) is 0 Å². The van der Waals surface area contributed by atoms with Crippen LogP contribution in [0.2, 0.25) is 0 Å². The second-order valence-electron chi connectivity index (χ2n) is 5.03. The van der Waals surface area contributed by atoms with E-state index in [1.807, 2.05) is 24.3 Å². The van der Waals surface area contributed by atoms with E-state index in [4.69, 9.17) is 14.2 Å². The van der Waals surface area contributed by atoms with E-state index in [-0.39, 0.29) is 13.6 Å². The summed E-state index contributed by atoms with van der Waals surface area (Å²) >= 11 is 10.3. The summed E-state index contributed by atoms with van der Waals surface area (Å²) in [6.07, 6.45) is 0. The van der Waals surface area contributed by atoms with E-state index in [0.717, 1.165) is 20.5 Å². The van der Waals surface area contributed by atoms with Gasteiger partial charge in [0.25, 0.3) is 0 Å². The maximum absolute atomic E-state index is 5.41. The number of halogens is 2. The van der Waals surface area contributed by atoms with Crippen LogP contribution in [-0.4, -0.2) is 25.5 Å². The molecule has 2 aromatic rings. The third-order valence-electron chi connectivity index (χ3n) is 3.03. The van der Waals surface area contributed by atoms with Crippen LogP contribution in [0.5, 0.6) is 0 Å². The molecule has 25 heavy (non-hydrogen) atoms. The van der Waals surface area contributed by atoms with Gasteiger partial charge in [0.05, 0.1) is 11.9 Å². The fraction of sp³-hybridized carbons (Fsp3) is 0.333. The van der Waals surface area contributed by atoms with Gasteiger partial charge in [0.15, 0.2) is 13.6 Å². The SMILES string of the molecule is Brc1ccc(CSCOCOCOCSCc2ccc(Br)cc2)cc1.